The van der Waals surface area contributed by atoms with E-state index >= 15 is 0 Å². The number of likely N-dealkylation sites (tertiary alicyclic amines) is 1. The Morgan fingerprint density at radius 3 is 2.56 bits per heavy atom. The van der Waals surface area contributed by atoms with Crippen LogP contribution < -0.4 is 5.32 Å². The molecule has 1 rings (SSSR count). The lowest BCUT2D eigenvalue weighted by Gasteiger charge is -2.16. The Bertz CT molecular complexity index is 264. The summed E-state index contributed by atoms with van der Waals surface area (Å²) < 4.78 is 0. The molecule has 1 aliphatic heterocycles. The second-order valence-electron chi connectivity index (χ2n) is 4.75. The van der Waals surface area contributed by atoms with Crippen molar-refractivity contribution in [2.45, 2.75) is 33.1 Å². The average molecular weight is 226 g/mol. The van der Waals surface area contributed by atoms with E-state index in [0.29, 0.717) is 13.0 Å². The first-order valence-electron chi connectivity index (χ1n) is 6.06. The highest BCUT2D eigenvalue weighted by Gasteiger charge is 2.39. The molecular weight excluding hydrogens is 204 g/mol. The minimum atomic E-state index is -0.0863. The first-order valence-corrected chi connectivity index (χ1v) is 6.06. The van der Waals surface area contributed by atoms with Crippen molar-refractivity contribution in [3.05, 3.63) is 0 Å². The fraction of sp³-hybridized carbons (Fsp3) is 0.833. The highest BCUT2D eigenvalue weighted by molar-refractivity contribution is 6.03. The van der Waals surface area contributed by atoms with Gasteiger partial charge in [0.2, 0.25) is 11.8 Å². The number of hydrogen-bond acceptors (Lipinski definition) is 3. The molecule has 4 heteroatoms. The fourth-order valence-corrected chi connectivity index (χ4v) is 2.04. The van der Waals surface area contributed by atoms with Gasteiger partial charge in [-0.15, -0.1) is 0 Å². The van der Waals surface area contributed by atoms with Gasteiger partial charge in [0.15, 0.2) is 0 Å². The van der Waals surface area contributed by atoms with Crippen molar-refractivity contribution < 1.29 is 9.59 Å². The van der Waals surface area contributed by atoms with Crippen molar-refractivity contribution in [3.63, 3.8) is 0 Å². The van der Waals surface area contributed by atoms with Gasteiger partial charge < -0.3 is 5.32 Å². The van der Waals surface area contributed by atoms with Crippen LogP contribution in [0.5, 0.6) is 0 Å². The van der Waals surface area contributed by atoms with Crippen LogP contribution in [0, 0.1) is 11.8 Å². The van der Waals surface area contributed by atoms with Gasteiger partial charge in [0.25, 0.3) is 0 Å². The fourth-order valence-electron chi connectivity index (χ4n) is 2.04. The van der Waals surface area contributed by atoms with Gasteiger partial charge in [-0.3, -0.25) is 14.5 Å². The smallest absolute Gasteiger partial charge is 0.233 e. The molecule has 0 bridgehead atoms. The lowest BCUT2D eigenvalue weighted by molar-refractivity contribution is -0.139. The summed E-state index contributed by atoms with van der Waals surface area (Å²) in [4.78, 5) is 25.0. The van der Waals surface area contributed by atoms with E-state index in [1.165, 1.54) is 4.90 Å². The van der Waals surface area contributed by atoms with Crippen molar-refractivity contribution in [2.75, 3.05) is 20.1 Å². The molecule has 0 aromatic heterocycles. The second kappa shape index (κ2) is 5.99. The van der Waals surface area contributed by atoms with Gasteiger partial charge in [-0.1, -0.05) is 13.8 Å². The zero-order chi connectivity index (χ0) is 12.1. The van der Waals surface area contributed by atoms with Crippen molar-refractivity contribution in [1.29, 1.82) is 0 Å². The number of unbranched alkanes of at least 4 members (excludes halogenated alkanes) is 1. The molecule has 0 aromatic carbocycles. The first-order chi connectivity index (χ1) is 7.57. The van der Waals surface area contributed by atoms with Crippen LogP contribution in [0.1, 0.15) is 33.1 Å². The number of carbonyl (C=O) groups excluding carboxylic acids is 2. The van der Waals surface area contributed by atoms with Gasteiger partial charge in [0.05, 0.1) is 0 Å². The van der Waals surface area contributed by atoms with Crippen LogP contribution in [0.3, 0.4) is 0 Å². The molecule has 1 aliphatic rings. The molecule has 0 spiro atoms. The standard InChI is InChI=1S/C12H22N2O2/c1-9(2)10-8-11(15)14(12(10)16)7-5-4-6-13-3/h9-10,13H,4-8H2,1-3H3. The Kier molecular flexibility index (Phi) is 4.93. The van der Waals surface area contributed by atoms with Crippen molar-refractivity contribution in [3.8, 4) is 0 Å². The van der Waals surface area contributed by atoms with Crippen molar-refractivity contribution in [2.24, 2.45) is 11.8 Å². The maximum Gasteiger partial charge on any atom is 0.233 e. The van der Waals surface area contributed by atoms with Gasteiger partial charge in [0.1, 0.15) is 0 Å². The summed E-state index contributed by atoms with van der Waals surface area (Å²) in [6.45, 7) is 5.52. The van der Waals surface area contributed by atoms with E-state index in [1.807, 2.05) is 20.9 Å². The van der Waals surface area contributed by atoms with E-state index in [9.17, 15) is 9.59 Å². The van der Waals surface area contributed by atoms with Crippen molar-refractivity contribution >= 4 is 11.8 Å². The van der Waals surface area contributed by atoms with E-state index in [4.69, 9.17) is 0 Å². The summed E-state index contributed by atoms with van der Waals surface area (Å²) in [5.74, 6) is 0.216. The Labute approximate surface area is 97.4 Å². The van der Waals surface area contributed by atoms with Crippen molar-refractivity contribution in [1.82, 2.24) is 10.2 Å². The quantitative estimate of drug-likeness (QED) is 0.543. The topological polar surface area (TPSA) is 49.4 Å². The normalized spacial score (nSPS) is 21.2. The van der Waals surface area contributed by atoms with E-state index < -0.39 is 0 Å². The zero-order valence-corrected chi connectivity index (χ0v) is 10.5. The molecule has 1 heterocycles. The Balaban J connectivity index is 2.42. The minimum Gasteiger partial charge on any atom is -0.320 e. The van der Waals surface area contributed by atoms with Gasteiger partial charge in [-0.2, -0.15) is 0 Å². The van der Waals surface area contributed by atoms with Gasteiger partial charge in [-0.05, 0) is 32.4 Å². The third-order valence-corrected chi connectivity index (χ3v) is 3.14. The molecule has 0 saturated carbocycles. The maximum atomic E-state index is 11.9. The molecule has 1 unspecified atom stereocenters. The number of nitrogens with zero attached hydrogens (tertiary/aromatic N) is 1. The number of nitrogens with one attached hydrogen (secondary N) is 1. The average Bonchev–Trinajstić information content (AvgIpc) is 2.51. The van der Waals surface area contributed by atoms with Crippen LogP contribution in [-0.2, 0) is 9.59 Å². The molecule has 1 atom stereocenters. The van der Waals surface area contributed by atoms with Crippen LogP contribution in [0.25, 0.3) is 0 Å². The summed E-state index contributed by atoms with van der Waals surface area (Å²) >= 11 is 0. The zero-order valence-electron chi connectivity index (χ0n) is 10.5. The Hall–Kier alpha value is -0.900. The summed E-state index contributed by atoms with van der Waals surface area (Å²) in [5.41, 5.74) is 0. The predicted molar refractivity (Wildman–Crippen MR) is 62.8 cm³/mol. The Morgan fingerprint density at radius 1 is 1.38 bits per heavy atom. The molecule has 16 heavy (non-hydrogen) atoms. The van der Waals surface area contributed by atoms with Crippen LogP contribution in [0.15, 0.2) is 0 Å². The third kappa shape index (κ3) is 3.04. The van der Waals surface area contributed by atoms with Crippen LogP contribution in [0.2, 0.25) is 0 Å². The lowest BCUT2D eigenvalue weighted by Crippen LogP contribution is -2.32. The largest absolute Gasteiger partial charge is 0.320 e. The molecule has 4 nitrogen and oxygen atoms in total. The highest BCUT2D eigenvalue weighted by atomic mass is 16.2. The molecule has 0 radical (unpaired) electrons. The molecule has 0 aromatic rings. The van der Waals surface area contributed by atoms with Crippen LogP contribution >= 0.6 is 0 Å². The lowest BCUT2D eigenvalue weighted by atomic mass is 9.94. The van der Waals surface area contributed by atoms with E-state index in [0.717, 1.165) is 19.4 Å². The monoisotopic (exact) mass is 226 g/mol. The second-order valence-corrected chi connectivity index (χ2v) is 4.75. The maximum absolute atomic E-state index is 11.9. The number of carbonyl (C=O) groups is 2. The molecule has 1 N–H and O–H groups in total. The molecule has 1 fully saturated rings. The summed E-state index contributed by atoms with van der Waals surface area (Å²) in [5, 5.41) is 3.05. The predicted octanol–water partition coefficient (Wildman–Crippen LogP) is 1.02. The van der Waals surface area contributed by atoms with E-state index in [2.05, 4.69) is 5.32 Å². The summed E-state index contributed by atoms with van der Waals surface area (Å²) in [7, 11) is 1.90. The molecule has 2 amide bonds. The Morgan fingerprint density at radius 2 is 2.06 bits per heavy atom. The minimum absolute atomic E-state index is 0.00755. The van der Waals surface area contributed by atoms with Gasteiger partial charge in [-0.25, -0.2) is 0 Å². The third-order valence-electron chi connectivity index (χ3n) is 3.14. The van der Waals surface area contributed by atoms with E-state index in [1.54, 1.807) is 0 Å². The van der Waals surface area contributed by atoms with Crippen LogP contribution in [-0.4, -0.2) is 36.9 Å². The SMILES string of the molecule is CNCCCCN1C(=O)CC(C(C)C)C1=O. The summed E-state index contributed by atoms with van der Waals surface area (Å²) in [6.07, 6.45) is 2.30. The van der Waals surface area contributed by atoms with Gasteiger partial charge in [0, 0.05) is 18.9 Å². The van der Waals surface area contributed by atoms with Crippen LogP contribution in [0.4, 0.5) is 0 Å². The first kappa shape index (κ1) is 13.2. The molecule has 92 valence electrons. The summed E-state index contributed by atoms with van der Waals surface area (Å²) in [6, 6.07) is 0. The number of rotatable bonds is 6. The number of amides is 2. The van der Waals surface area contributed by atoms with Gasteiger partial charge >= 0.3 is 0 Å². The highest BCUT2D eigenvalue weighted by Crippen LogP contribution is 2.26. The van der Waals surface area contributed by atoms with E-state index in [-0.39, 0.29) is 23.7 Å². The number of hydrogen-bond donors (Lipinski definition) is 1. The molecule has 0 aliphatic carbocycles. The molecular formula is C12H22N2O2. The molecule has 1 saturated heterocycles. The number of imide groups is 1.